The van der Waals surface area contributed by atoms with Crippen LogP contribution in [0.2, 0.25) is 0 Å². The molecule has 1 atom stereocenters. The molecule has 0 aromatic rings. The summed E-state index contributed by atoms with van der Waals surface area (Å²) in [7, 11) is 0. The zero-order valence-corrected chi connectivity index (χ0v) is 5.67. The first-order chi connectivity index (χ1) is 4.31. The van der Waals surface area contributed by atoms with Crippen LogP contribution in [-0.4, -0.2) is 25.5 Å². The van der Waals surface area contributed by atoms with Crippen molar-refractivity contribution in [2.75, 3.05) is 13.2 Å². The lowest BCUT2D eigenvalue weighted by molar-refractivity contribution is -0.110. The van der Waals surface area contributed by atoms with Crippen molar-refractivity contribution >= 4 is 6.29 Å². The van der Waals surface area contributed by atoms with Crippen molar-refractivity contribution in [2.45, 2.75) is 19.4 Å². The predicted octanol–water partition coefficient (Wildman–Crippen LogP) is -0.0608. The summed E-state index contributed by atoms with van der Waals surface area (Å²) in [5.74, 6) is 0. The lowest BCUT2D eigenvalue weighted by Gasteiger charge is -2.06. The first-order valence-corrected chi connectivity index (χ1v) is 3.06. The van der Waals surface area contributed by atoms with Gasteiger partial charge < -0.3 is 15.3 Å². The quantitative estimate of drug-likeness (QED) is 0.532. The van der Waals surface area contributed by atoms with E-state index in [1.165, 1.54) is 0 Å². The lowest BCUT2D eigenvalue weighted by atomic mass is 10.3. The molecule has 1 unspecified atom stereocenters. The molecule has 0 rings (SSSR count). The van der Waals surface area contributed by atoms with E-state index in [1.54, 1.807) is 0 Å². The number of aldehydes is 1. The molecule has 0 heterocycles. The number of rotatable bonds is 5. The summed E-state index contributed by atoms with van der Waals surface area (Å²) in [6, 6.07) is 0. The number of nitrogens with two attached hydrogens (primary N) is 1. The van der Waals surface area contributed by atoms with E-state index < -0.39 is 0 Å². The van der Waals surface area contributed by atoms with Crippen LogP contribution < -0.4 is 5.73 Å². The van der Waals surface area contributed by atoms with Crippen LogP contribution >= 0.6 is 0 Å². The summed E-state index contributed by atoms with van der Waals surface area (Å²) in [6.45, 7) is 2.91. The van der Waals surface area contributed by atoms with Gasteiger partial charge in [-0.1, -0.05) is 0 Å². The van der Waals surface area contributed by atoms with Crippen LogP contribution in [0, 0.1) is 0 Å². The van der Waals surface area contributed by atoms with Gasteiger partial charge in [-0.05, 0) is 6.92 Å². The van der Waals surface area contributed by atoms with Gasteiger partial charge in [0.25, 0.3) is 0 Å². The van der Waals surface area contributed by atoms with Crippen molar-refractivity contribution in [1.82, 2.24) is 0 Å². The lowest BCUT2D eigenvalue weighted by Crippen LogP contribution is -2.15. The minimum Gasteiger partial charge on any atom is -0.377 e. The van der Waals surface area contributed by atoms with Crippen LogP contribution in [0.4, 0.5) is 0 Å². The molecule has 0 fully saturated rings. The van der Waals surface area contributed by atoms with Crippen molar-refractivity contribution in [3.05, 3.63) is 0 Å². The van der Waals surface area contributed by atoms with Crippen LogP contribution in [0.15, 0.2) is 0 Å². The molecule has 0 aromatic carbocycles. The van der Waals surface area contributed by atoms with Crippen LogP contribution in [0.1, 0.15) is 13.3 Å². The fourth-order valence-corrected chi connectivity index (χ4v) is 0.473. The molecule has 0 saturated heterocycles. The molecule has 3 heteroatoms. The molecule has 0 amide bonds. The molecule has 2 N–H and O–H groups in total. The van der Waals surface area contributed by atoms with E-state index in [-0.39, 0.29) is 6.10 Å². The number of hydrogen-bond acceptors (Lipinski definition) is 3. The molecule has 0 saturated carbocycles. The average molecular weight is 131 g/mol. The second kappa shape index (κ2) is 5.72. The van der Waals surface area contributed by atoms with Gasteiger partial charge in [0.2, 0.25) is 0 Å². The maximum Gasteiger partial charge on any atom is 0.122 e. The van der Waals surface area contributed by atoms with Gasteiger partial charge in [0.05, 0.1) is 12.7 Å². The topological polar surface area (TPSA) is 52.3 Å². The minimum atomic E-state index is 0.0195. The summed E-state index contributed by atoms with van der Waals surface area (Å²) in [5, 5.41) is 0. The van der Waals surface area contributed by atoms with Gasteiger partial charge >= 0.3 is 0 Å². The Labute approximate surface area is 55.2 Å². The Hall–Kier alpha value is -0.410. The normalized spacial score (nSPS) is 13.1. The van der Waals surface area contributed by atoms with Crippen molar-refractivity contribution in [3.63, 3.8) is 0 Å². The first kappa shape index (κ1) is 8.59. The van der Waals surface area contributed by atoms with Crippen molar-refractivity contribution in [1.29, 1.82) is 0 Å². The number of hydrogen-bond donors (Lipinski definition) is 1. The monoisotopic (exact) mass is 131 g/mol. The zero-order valence-electron chi connectivity index (χ0n) is 5.67. The fraction of sp³-hybridized carbons (Fsp3) is 0.833. The Morgan fingerprint density at radius 2 is 2.44 bits per heavy atom. The largest absolute Gasteiger partial charge is 0.377 e. The number of carbonyl (C=O) groups is 1. The van der Waals surface area contributed by atoms with Gasteiger partial charge in [-0.2, -0.15) is 0 Å². The maximum absolute atomic E-state index is 9.87. The Kier molecular flexibility index (Phi) is 5.46. The van der Waals surface area contributed by atoms with Crippen LogP contribution in [0.5, 0.6) is 0 Å². The first-order valence-electron chi connectivity index (χ1n) is 3.06. The molecule has 54 valence electrons. The highest BCUT2D eigenvalue weighted by Crippen LogP contribution is 1.91. The number of carbonyl (C=O) groups excluding carboxylic acids is 1. The molecule has 0 radical (unpaired) electrons. The fourth-order valence-electron chi connectivity index (χ4n) is 0.473. The third-order valence-corrected chi connectivity index (χ3v) is 0.948. The molecular weight excluding hydrogens is 118 g/mol. The molecule has 9 heavy (non-hydrogen) atoms. The van der Waals surface area contributed by atoms with E-state index in [0.29, 0.717) is 19.6 Å². The molecule has 0 bridgehead atoms. The highest BCUT2D eigenvalue weighted by molar-refractivity contribution is 5.49. The number of ether oxygens (including phenoxy) is 1. The highest BCUT2D eigenvalue weighted by atomic mass is 16.5. The summed E-state index contributed by atoms with van der Waals surface area (Å²) in [5.41, 5.74) is 5.16. The minimum absolute atomic E-state index is 0.0195. The second-order valence-electron chi connectivity index (χ2n) is 1.87. The highest BCUT2D eigenvalue weighted by Gasteiger charge is 1.97. The van der Waals surface area contributed by atoms with Gasteiger partial charge in [-0.15, -0.1) is 0 Å². The van der Waals surface area contributed by atoms with E-state index in [2.05, 4.69) is 0 Å². The van der Waals surface area contributed by atoms with Gasteiger partial charge in [0, 0.05) is 13.0 Å². The van der Waals surface area contributed by atoms with Crippen molar-refractivity contribution in [2.24, 2.45) is 5.73 Å². The summed E-state index contributed by atoms with van der Waals surface area (Å²) in [6.07, 6.45) is 1.33. The molecule has 0 aliphatic carbocycles. The van der Waals surface area contributed by atoms with E-state index in [4.69, 9.17) is 10.5 Å². The summed E-state index contributed by atoms with van der Waals surface area (Å²) in [4.78, 5) is 9.87. The molecular formula is C6H13NO2. The summed E-state index contributed by atoms with van der Waals surface area (Å²) >= 11 is 0. The molecule has 0 aliphatic rings. The zero-order chi connectivity index (χ0) is 7.11. The standard InChI is InChI=1S/C6H13NO2/c1-6(2-4-8)9-5-3-7/h4,6H,2-3,5,7H2,1H3. The van der Waals surface area contributed by atoms with E-state index in [1.807, 2.05) is 6.92 Å². The molecule has 0 aliphatic heterocycles. The van der Waals surface area contributed by atoms with Gasteiger partial charge in [0.1, 0.15) is 6.29 Å². The molecule has 3 nitrogen and oxygen atoms in total. The maximum atomic E-state index is 9.87. The van der Waals surface area contributed by atoms with Crippen LogP contribution in [-0.2, 0) is 9.53 Å². The SMILES string of the molecule is CC(CC=O)OCCN. The van der Waals surface area contributed by atoms with Gasteiger partial charge in [-0.25, -0.2) is 0 Å². The van der Waals surface area contributed by atoms with E-state index >= 15 is 0 Å². The van der Waals surface area contributed by atoms with Crippen molar-refractivity contribution in [3.8, 4) is 0 Å². The van der Waals surface area contributed by atoms with E-state index in [9.17, 15) is 4.79 Å². The van der Waals surface area contributed by atoms with Crippen molar-refractivity contribution < 1.29 is 9.53 Å². The van der Waals surface area contributed by atoms with Gasteiger partial charge in [-0.3, -0.25) is 0 Å². The van der Waals surface area contributed by atoms with Crippen LogP contribution in [0.3, 0.4) is 0 Å². The Bertz CT molecular complexity index is 75.5. The molecule has 0 spiro atoms. The van der Waals surface area contributed by atoms with Gasteiger partial charge in [0.15, 0.2) is 0 Å². The molecule has 0 aromatic heterocycles. The van der Waals surface area contributed by atoms with E-state index in [0.717, 1.165) is 6.29 Å². The van der Waals surface area contributed by atoms with Crippen LogP contribution in [0.25, 0.3) is 0 Å². The summed E-state index contributed by atoms with van der Waals surface area (Å²) < 4.78 is 5.08. The third-order valence-electron chi connectivity index (χ3n) is 0.948. The Morgan fingerprint density at radius 3 is 2.89 bits per heavy atom. The predicted molar refractivity (Wildman–Crippen MR) is 35.1 cm³/mol. The second-order valence-corrected chi connectivity index (χ2v) is 1.87. The Morgan fingerprint density at radius 1 is 1.78 bits per heavy atom. The average Bonchev–Trinajstić information content (AvgIpc) is 1.85. The smallest absolute Gasteiger partial charge is 0.122 e. The third kappa shape index (κ3) is 5.46. The Balaban J connectivity index is 3.04.